The molecule has 0 atom stereocenters. The molecule has 1 aromatic carbocycles. The lowest BCUT2D eigenvalue weighted by molar-refractivity contribution is 1.28. The lowest BCUT2D eigenvalue weighted by Gasteiger charge is -1.94. The van der Waals surface area contributed by atoms with Gasteiger partial charge in [-0.25, -0.2) is 4.98 Å². The Balaban J connectivity index is 2.27. The van der Waals surface area contributed by atoms with Gasteiger partial charge in [-0.3, -0.25) is 0 Å². The van der Waals surface area contributed by atoms with E-state index in [1.54, 1.807) is 0 Å². The zero-order valence-corrected chi connectivity index (χ0v) is 9.51. The van der Waals surface area contributed by atoms with Crippen LogP contribution in [0.3, 0.4) is 0 Å². The van der Waals surface area contributed by atoms with Crippen LogP contribution < -0.4 is 5.73 Å². The van der Waals surface area contributed by atoms with Gasteiger partial charge in [0.2, 0.25) is 0 Å². The summed E-state index contributed by atoms with van der Waals surface area (Å²) >= 11 is 1.30. The molecule has 2 heterocycles. The Labute approximate surface area is 96.3 Å². The second-order valence-electron chi connectivity index (χ2n) is 3.61. The molecule has 0 aliphatic heterocycles. The maximum atomic E-state index is 5.89. The normalized spacial score (nSPS) is 11.1. The molecule has 0 aliphatic rings. The highest BCUT2D eigenvalue weighted by molar-refractivity contribution is 7.10. The van der Waals surface area contributed by atoms with Gasteiger partial charge in [-0.15, -0.1) is 0 Å². The number of aromatic nitrogens is 3. The number of nitrogens with one attached hydrogen (secondary N) is 1. The van der Waals surface area contributed by atoms with Crippen LogP contribution in [0.5, 0.6) is 0 Å². The maximum Gasteiger partial charge on any atom is 0.143 e. The summed E-state index contributed by atoms with van der Waals surface area (Å²) in [5.74, 6) is 0.796. The van der Waals surface area contributed by atoms with E-state index in [2.05, 4.69) is 14.3 Å². The summed E-state index contributed by atoms with van der Waals surface area (Å²) in [4.78, 5) is 7.76. The van der Waals surface area contributed by atoms with Crippen molar-refractivity contribution >= 4 is 27.6 Å². The van der Waals surface area contributed by atoms with E-state index in [1.807, 2.05) is 31.2 Å². The number of H-pyrrole nitrogens is 1. The largest absolute Gasteiger partial charge is 0.389 e. The zero-order valence-electron chi connectivity index (χ0n) is 8.69. The third-order valence-electron chi connectivity index (χ3n) is 2.52. The van der Waals surface area contributed by atoms with Crippen molar-refractivity contribution in [2.24, 2.45) is 0 Å². The van der Waals surface area contributed by atoms with Crippen LogP contribution >= 0.6 is 11.5 Å². The first-order chi connectivity index (χ1) is 7.75. The predicted octanol–water partition coefficient (Wildman–Crippen LogP) is 2.58. The molecule has 4 nitrogen and oxygen atoms in total. The van der Waals surface area contributed by atoms with Crippen LogP contribution in [0.4, 0.5) is 5.00 Å². The minimum Gasteiger partial charge on any atom is -0.389 e. The van der Waals surface area contributed by atoms with Gasteiger partial charge in [0.25, 0.3) is 0 Å². The fraction of sp³-hybridized carbons (Fsp3) is 0.0909. The second kappa shape index (κ2) is 3.31. The first-order valence-electron chi connectivity index (χ1n) is 4.92. The Hall–Kier alpha value is -1.88. The van der Waals surface area contributed by atoms with Crippen LogP contribution in [0.25, 0.3) is 22.4 Å². The second-order valence-corrected chi connectivity index (χ2v) is 4.41. The Kier molecular flexibility index (Phi) is 1.94. The number of fused-ring (bicyclic) bond motifs is 1. The van der Waals surface area contributed by atoms with Crippen LogP contribution in [0.1, 0.15) is 5.69 Å². The summed E-state index contributed by atoms with van der Waals surface area (Å²) in [6.45, 7) is 1.94. The fourth-order valence-electron chi connectivity index (χ4n) is 1.75. The zero-order chi connectivity index (χ0) is 11.1. The summed E-state index contributed by atoms with van der Waals surface area (Å²) in [6, 6.07) is 7.92. The molecule has 3 rings (SSSR count). The molecule has 0 spiro atoms. The highest BCUT2D eigenvalue weighted by Crippen LogP contribution is 2.31. The summed E-state index contributed by atoms with van der Waals surface area (Å²) in [5.41, 5.74) is 9.69. The van der Waals surface area contributed by atoms with E-state index in [9.17, 15) is 0 Å². The van der Waals surface area contributed by atoms with Gasteiger partial charge in [0, 0.05) is 0 Å². The van der Waals surface area contributed by atoms with Crippen molar-refractivity contribution in [3.05, 3.63) is 30.0 Å². The van der Waals surface area contributed by atoms with Crippen LogP contribution in [-0.2, 0) is 0 Å². The minimum atomic E-state index is 0.705. The SMILES string of the molecule is Cc1nsc(N)c1-c1nc2ccccc2[nH]1. The van der Waals surface area contributed by atoms with E-state index in [0.29, 0.717) is 5.00 Å². The standard InChI is InChI=1S/C11H10N4S/c1-6-9(10(12)16-15-6)11-13-7-4-2-3-5-8(7)14-11/h2-5H,12H2,1H3,(H,13,14). The van der Waals surface area contributed by atoms with Crippen molar-refractivity contribution in [3.63, 3.8) is 0 Å². The van der Waals surface area contributed by atoms with Crippen molar-refractivity contribution in [2.45, 2.75) is 6.92 Å². The maximum absolute atomic E-state index is 5.89. The van der Waals surface area contributed by atoms with Crippen LogP contribution in [0.15, 0.2) is 24.3 Å². The molecule has 0 fully saturated rings. The van der Waals surface area contributed by atoms with Crippen LogP contribution in [0.2, 0.25) is 0 Å². The molecule has 3 N–H and O–H groups in total. The van der Waals surface area contributed by atoms with E-state index >= 15 is 0 Å². The molecule has 5 heteroatoms. The van der Waals surface area contributed by atoms with Crippen molar-refractivity contribution in [3.8, 4) is 11.4 Å². The number of imidazole rings is 1. The molecule has 80 valence electrons. The number of para-hydroxylation sites is 2. The summed E-state index contributed by atoms with van der Waals surface area (Å²) in [7, 11) is 0. The van der Waals surface area contributed by atoms with Crippen molar-refractivity contribution in [1.29, 1.82) is 0 Å². The molecule has 3 aromatic rings. The molecular weight excluding hydrogens is 220 g/mol. The number of hydrogen-bond acceptors (Lipinski definition) is 4. The number of nitrogens with zero attached hydrogens (tertiary/aromatic N) is 2. The average molecular weight is 230 g/mol. The van der Waals surface area contributed by atoms with E-state index < -0.39 is 0 Å². The van der Waals surface area contributed by atoms with Crippen molar-refractivity contribution < 1.29 is 0 Å². The smallest absolute Gasteiger partial charge is 0.143 e. The molecule has 0 unspecified atom stereocenters. The number of benzene rings is 1. The van der Waals surface area contributed by atoms with Gasteiger partial charge in [-0.2, -0.15) is 4.37 Å². The third-order valence-corrected chi connectivity index (χ3v) is 3.28. The van der Waals surface area contributed by atoms with E-state index in [-0.39, 0.29) is 0 Å². The number of hydrogen-bond donors (Lipinski definition) is 2. The molecule has 16 heavy (non-hydrogen) atoms. The first-order valence-corrected chi connectivity index (χ1v) is 5.70. The van der Waals surface area contributed by atoms with Gasteiger partial charge >= 0.3 is 0 Å². The number of rotatable bonds is 1. The van der Waals surface area contributed by atoms with E-state index in [4.69, 9.17) is 5.73 Å². The monoisotopic (exact) mass is 230 g/mol. The molecule has 0 saturated heterocycles. The number of anilines is 1. The van der Waals surface area contributed by atoms with Gasteiger partial charge in [0.15, 0.2) is 0 Å². The van der Waals surface area contributed by atoms with Gasteiger partial charge in [-0.1, -0.05) is 12.1 Å². The molecule has 0 bridgehead atoms. The Morgan fingerprint density at radius 3 is 2.81 bits per heavy atom. The van der Waals surface area contributed by atoms with Crippen molar-refractivity contribution in [2.75, 3.05) is 5.73 Å². The van der Waals surface area contributed by atoms with Crippen LogP contribution in [-0.4, -0.2) is 14.3 Å². The molecular formula is C11H10N4S. The van der Waals surface area contributed by atoms with Gasteiger partial charge in [-0.05, 0) is 30.6 Å². The average Bonchev–Trinajstić information content (AvgIpc) is 2.82. The highest BCUT2D eigenvalue weighted by Gasteiger charge is 2.13. The Bertz CT molecular complexity index is 600. The summed E-state index contributed by atoms with van der Waals surface area (Å²) in [5, 5.41) is 0.705. The number of aryl methyl sites for hydroxylation is 1. The molecule has 0 saturated carbocycles. The number of nitrogens with two attached hydrogens (primary N) is 1. The molecule has 2 aromatic heterocycles. The first kappa shape index (κ1) is 9.35. The molecule has 0 amide bonds. The molecule has 0 aliphatic carbocycles. The van der Waals surface area contributed by atoms with Gasteiger partial charge in [0.1, 0.15) is 10.8 Å². The summed E-state index contributed by atoms with van der Waals surface area (Å²) < 4.78 is 4.22. The van der Waals surface area contributed by atoms with Crippen molar-refractivity contribution in [1.82, 2.24) is 14.3 Å². The quantitative estimate of drug-likeness (QED) is 0.675. The van der Waals surface area contributed by atoms with E-state index in [1.165, 1.54) is 11.5 Å². The Morgan fingerprint density at radius 1 is 1.31 bits per heavy atom. The lowest BCUT2D eigenvalue weighted by atomic mass is 10.2. The third kappa shape index (κ3) is 1.29. The molecule has 0 radical (unpaired) electrons. The van der Waals surface area contributed by atoms with Crippen LogP contribution in [0, 0.1) is 6.92 Å². The number of nitrogen functional groups attached to an aromatic ring is 1. The Morgan fingerprint density at radius 2 is 2.12 bits per heavy atom. The van der Waals surface area contributed by atoms with E-state index in [0.717, 1.165) is 28.1 Å². The summed E-state index contributed by atoms with van der Waals surface area (Å²) in [6.07, 6.45) is 0. The topological polar surface area (TPSA) is 67.6 Å². The predicted molar refractivity (Wildman–Crippen MR) is 66.4 cm³/mol. The van der Waals surface area contributed by atoms with Gasteiger partial charge < -0.3 is 10.7 Å². The van der Waals surface area contributed by atoms with Gasteiger partial charge in [0.05, 0.1) is 22.3 Å². The highest BCUT2D eigenvalue weighted by atomic mass is 32.1. The fourth-order valence-corrected chi connectivity index (χ4v) is 2.41. The number of aromatic amines is 1. The lowest BCUT2D eigenvalue weighted by Crippen LogP contribution is -1.87. The minimum absolute atomic E-state index is 0.705.